The summed E-state index contributed by atoms with van der Waals surface area (Å²) < 4.78 is 5.47. The van der Waals surface area contributed by atoms with Crippen LogP contribution in [0.4, 0.5) is 5.69 Å². The maximum atomic E-state index is 11.8. The standard InChI is InChI=1S/C13H17NO3/c1-8-3-5-10(7-11(8)15)14-13(16)12-6-4-9(2)17-12/h3,5,7,9,12,15H,4,6H2,1-2H3,(H,14,16). The van der Waals surface area contributed by atoms with Crippen molar-refractivity contribution in [2.45, 2.75) is 38.9 Å². The molecule has 1 heterocycles. The van der Waals surface area contributed by atoms with Crippen molar-refractivity contribution in [3.05, 3.63) is 23.8 Å². The van der Waals surface area contributed by atoms with Gasteiger partial charge in [0.05, 0.1) is 6.10 Å². The zero-order valence-electron chi connectivity index (χ0n) is 10.1. The number of anilines is 1. The number of aromatic hydroxyl groups is 1. The number of rotatable bonds is 2. The van der Waals surface area contributed by atoms with Crippen LogP contribution in [0.2, 0.25) is 0 Å². The second kappa shape index (κ2) is 4.75. The van der Waals surface area contributed by atoms with Crippen molar-refractivity contribution in [2.24, 2.45) is 0 Å². The van der Waals surface area contributed by atoms with Gasteiger partial charge in [-0.25, -0.2) is 0 Å². The Hall–Kier alpha value is -1.55. The number of carbonyl (C=O) groups is 1. The van der Waals surface area contributed by atoms with Crippen molar-refractivity contribution < 1.29 is 14.6 Å². The van der Waals surface area contributed by atoms with Gasteiger partial charge in [0.2, 0.25) is 0 Å². The molecule has 1 aromatic rings. The largest absolute Gasteiger partial charge is 0.508 e. The second-order valence-corrected chi connectivity index (χ2v) is 4.50. The van der Waals surface area contributed by atoms with E-state index in [-0.39, 0.29) is 23.9 Å². The van der Waals surface area contributed by atoms with Gasteiger partial charge in [0.1, 0.15) is 11.9 Å². The van der Waals surface area contributed by atoms with Gasteiger partial charge in [-0.15, -0.1) is 0 Å². The minimum Gasteiger partial charge on any atom is -0.508 e. The molecule has 0 radical (unpaired) electrons. The molecule has 1 saturated heterocycles. The first-order chi connectivity index (χ1) is 8.06. The number of hydrogen-bond acceptors (Lipinski definition) is 3. The minimum atomic E-state index is -0.367. The van der Waals surface area contributed by atoms with E-state index in [1.54, 1.807) is 18.2 Å². The van der Waals surface area contributed by atoms with Crippen molar-refractivity contribution >= 4 is 11.6 Å². The van der Waals surface area contributed by atoms with Crippen LogP contribution >= 0.6 is 0 Å². The molecule has 92 valence electrons. The van der Waals surface area contributed by atoms with Gasteiger partial charge >= 0.3 is 0 Å². The monoisotopic (exact) mass is 235 g/mol. The number of ether oxygens (including phenoxy) is 1. The Kier molecular flexibility index (Phi) is 3.33. The summed E-state index contributed by atoms with van der Waals surface area (Å²) in [5.74, 6) is 0.0427. The fourth-order valence-electron chi connectivity index (χ4n) is 1.91. The summed E-state index contributed by atoms with van der Waals surface area (Å²) in [6, 6.07) is 5.08. The third-order valence-corrected chi connectivity index (χ3v) is 3.00. The maximum Gasteiger partial charge on any atom is 0.253 e. The number of phenolic OH excluding ortho intramolecular Hbond substituents is 1. The van der Waals surface area contributed by atoms with E-state index in [1.807, 2.05) is 13.8 Å². The average molecular weight is 235 g/mol. The molecule has 0 saturated carbocycles. The topological polar surface area (TPSA) is 58.6 Å². The number of benzene rings is 1. The summed E-state index contributed by atoms with van der Waals surface area (Å²) >= 11 is 0. The van der Waals surface area contributed by atoms with Crippen molar-refractivity contribution in [3.63, 3.8) is 0 Å². The third-order valence-electron chi connectivity index (χ3n) is 3.00. The first-order valence-corrected chi connectivity index (χ1v) is 5.82. The molecule has 0 aliphatic carbocycles. The summed E-state index contributed by atoms with van der Waals surface area (Å²) in [5.41, 5.74) is 1.38. The van der Waals surface area contributed by atoms with E-state index in [1.165, 1.54) is 0 Å². The molecule has 2 atom stereocenters. The van der Waals surface area contributed by atoms with Gasteiger partial charge in [0.15, 0.2) is 0 Å². The van der Waals surface area contributed by atoms with E-state index in [0.29, 0.717) is 5.69 Å². The Balaban J connectivity index is 2.00. The predicted molar refractivity (Wildman–Crippen MR) is 65.0 cm³/mol. The highest BCUT2D eigenvalue weighted by Crippen LogP contribution is 2.23. The molecule has 1 aliphatic rings. The van der Waals surface area contributed by atoms with Gasteiger partial charge in [0, 0.05) is 11.8 Å². The Morgan fingerprint density at radius 3 is 2.82 bits per heavy atom. The summed E-state index contributed by atoms with van der Waals surface area (Å²) in [6.07, 6.45) is 1.45. The number of aryl methyl sites for hydroxylation is 1. The normalized spacial score (nSPS) is 23.6. The van der Waals surface area contributed by atoms with Crippen LogP contribution in [-0.4, -0.2) is 23.2 Å². The molecule has 4 nitrogen and oxygen atoms in total. The zero-order valence-corrected chi connectivity index (χ0v) is 10.1. The molecule has 1 amide bonds. The fourth-order valence-corrected chi connectivity index (χ4v) is 1.91. The SMILES string of the molecule is Cc1ccc(NC(=O)C2CCC(C)O2)cc1O. The van der Waals surface area contributed by atoms with Gasteiger partial charge in [-0.2, -0.15) is 0 Å². The second-order valence-electron chi connectivity index (χ2n) is 4.50. The molecule has 1 aliphatic heterocycles. The van der Waals surface area contributed by atoms with Crippen LogP contribution in [-0.2, 0) is 9.53 Å². The van der Waals surface area contributed by atoms with E-state index in [2.05, 4.69) is 5.32 Å². The summed E-state index contributed by atoms with van der Waals surface area (Å²) in [4.78, 5) is 11.8. The van der Waals surface area contributed by atoms with Gasteiger partial charge in [0.25, 0.3) is 5.91 Å². The van der Waals surface area contributed by atoms with Crippen molar-refractivity contribution in [2.75, 3.05) is 5.32 Å². The minimum absolute atomic E-state index is 0.141. The van der Waals surface area contributed by atoms with Crippen LogP contribution in [0.25, 0.3) is 0 Å². The molecule has 17 heavy (non-hydrogen) atoms. The summed E-state index contributed by atoms with van der Waals surface area (Å²) in [7, 11) is 0. The van der Waals surface area contributed by atoms with Crippen LogP contribution in [0.15, 0.2) is 18.2 Å². The lowest BCUT2D eigenvalue weighted by Crippen LogP contribution is -2.27. The van der Waals surface area contributed by atoms with E-state index in [0.717, 1.165) is 18.4 Å². The van der Waals surface area contributed by atoms with Gasteiger partial charge in [-0.1, -0.05) is 6.07 Å². The maximum absolute atomic E-state index is 11.8. The quantitative estimate of drug-likeness (QED) is 0.826. The molecular weight excluding hydrogens is 218 g/mol. The summed E-state index contributed by atoms with van der Waals surface area (Å²) in [5, 5.41) is 12.3. The Morgan fingerprint density at radius 1 is 1.47 bits per heavy atom. The smallest absolute Gasteiger partial charge is 0.253 e. The van der Waals surface area contributed by atoms with Gasteiger partial charge < -0.3 is 15.2 Å². The van der Waals surface area contributed by atoms with Crippen LogP contribution in [0.1, 0.15) is 25.3 Å². The number of amides is 1. The van der Waals surface area contributed by atoms with E-state index in [9.17, 15) is 9.90 Å². The fraction of sp³-hybridized carbons (Fsp3) is 0.462. The lowest BCUT2D eigenvalue weighted by Gasteiger charge is -2.12. The highest BCUT2D eigenvalue weighted by Gasteiger charge is 2.28. The molecule has 0 spiro atoms. The molecule has 0 aromatic heterocycles. The van der Waals surface area contributed by atoms with Crippen LogP contribution in [0.5, 0.6) is 5.75 Å². The van der Waals surface area contributed by atoms with Crippen molar-refractivity contribution in [1.82, 2.24) is 0 Å². The summed E-state index contributed by atoms with van der Waals surface area (Å²) in [6.45, 7) is 3.77. The number of phenols is 1. The van der Waals surface area contributed by atoms with Crippen LogP contribution in [0, 0.1) is 6.92 Å². The van der Waals surface area contributed by atoms with Gasteiger partial charge in [-0.05, 0) is 38.3 Å². The van der Waals surface area contributed by atoms with E-state index < -0.39 is 0 Å². The lowest BCUT2D eigenvalue weighted by molar-refractivity contribution is -0.126. The molecule has 0 bridgehead atoms. The highest BCUT2D eigenvalue weighted by atomic mass is 16.5. The zero-order chi connectivity index (χ0) is 12.4. The first kappa shape index (κ1) is 11.9. The molecular formula is C13H17NO3. The van der Waals surface area contributed by atoms with Gasteiger partial charge in [-0.3, -0.25) is 4.79 Å². The Labute approximate surface area is 101 Å². The lowest BCUT2D eigenvalue weighted by atomic mass is 10.2. The molecule has 2 unspecified atom stereocenters. The Morgan fingerprint density at radius 2 is 2.24 bits per heavy atom. The predicted octanol–water partition coefficient (Wildman–Crippen LogP) is 2.21. The average Bonchev–Trinajstić information content (AvgIpc) is 2.70. The van der Waals surface area contributed by atoms with E-state index in [4.69, 9.17) is 4.74 Å². The van der Waals surface area contributed by atoms with Crippen molar-refractivity contribution in [1.29, 1.82) is 0 Å². The highest BCUT2D eigenvalue weighted by molar-refractivity contribution is 5.94. The molecule has 1 fully saturated rings. The molecule has 1 aromatic carbocycles. The number of nitrogens with one attached hydrogen (secondary N) is 1. The molecule has 2 N–H and O–H groups in total. The van der Waals surface area contributed by atoms with Crippen LogP contribution < -0.4 is 5.32 Å². The van der Waals surface area contributed by atoms with Crippen LogP contribution in [0.3, 0.4) is 0 Å². The van der Waals surface area contributed by atoms with E-state index >= 15 is 0 Å². The molecule has 4 heteroatoms. The third kappa shape index (κ3) is 2.77. The number of hydrogen-bond donors (Lipinski definition) is 2. The van der Waals surface area contributed by atoms with Crippen molar-refractivity contribution in [3.8, 4) is 5.75 Å². The number of carbonyl (C=O) groups excluding carboxylic acids is 1. The molecule has 2 rings (SSSR count). The first-order valence-electron chi connectivity index (χ1n) is 5.82. The Bertz CT molecular complexity index is 431.